The van der Waals surface area contributed by atoms with Gasteiger partial charge in [0.05, 0.1) is 0 Å². The Labute approximate surface area is 109 Å². The van der Waals surface area contributed by atoms with E-state index in [0.29, 0.717) is 18.0 Å². The van der Waals surface area contributed by atoms with Crippen LogP contribution in [0, 0.1) is 5.82 Å². The number of carbonyl (C=O) groups excluding carboxylic acids is 1. The molecule has 0 bridgehead atoms. The summed E-state index contributed by atoms with van der Waals surface area (Å²) in [6, 6.07) is 5.99. The van der Waals surface area contributed by atoms with Crippen LogP contribution in [-0.2, 0) is 0 Å². The maximum absolute atomic E-state index is 13.8. The second kappa shape index (κ2) is 5.68. The minimum Gasteiger partial charge on any atom is -0.351 e. The standard InChI is InChI=1S/C12H12FN3OS/c13-10-8-9(12(17)14-5-7-18)2-3-11(10)16-6-1-4-15-16/h1-4,6,8,18H,5,7H2,(H,14,17). The highest BCUT2D eigenvalue weighted by molar-refractivity contribution is 7.80. The third-order valence-electron chi connectivity index (χ3n) is 2.36. The fourth-order valence-electron chi connectivity index (χ4n) is 1.52. The van der Waals surface area contributed by atoms with Crippen molar-refractivity contribution in [3.63, 3.8) is 0 Å². The zero-order chi connectivity index (χ0) is 13.0. The lowest BCUT2D eigenvalue weighted by Gasteiger charge is -2.06. The van der Waals surface area contributed by atoms with E-state index in [1.54, 1.807) is 24.5 Å². The molecule has 1 amide bonds. The van der Waals surface area contributed by atoms with Crippen molar-refractivity contribution in [3.8, 4) is 5.69 Å². The molecule has 0 spiro atoms. The molecule has 6 heteroatoms. The van der Waals surface area contributed by atoms with Crippen molar-refractivity contribution in [2.75, 3.05) is 12.3 Å². The van der Waals surface area contributed by atoms with Crippen molar-refractivity contribution in [1.29, 1.82) is 0 Å². The first-order valence-electron chi connectivity index (χ1n) is 5.41. The van der Waals surface area contributed by atoms with Crippen LogP contribution < -0.4 is 5.32 Å². The third kappa shape index (κ3) is 2.70. The van der Waals surface area contributed by atoms with E-state index in [9.17, 15) is 9.18 Å². The lowest BCUT2D eigenvalue weighted by Crippen LogP contribution is -2.25. The summed E-state index contributed by atoms with van der Waals surface area (Å²) in [4.78, 5) is 11.6. The topological polar surface area (TPSA) is 46.9 Å². The fraction of sp³-hybridized carbons (Fsp3) is 0.167. The van der Waals surface area contributed by atoms with Gasteiger partial charge in [-0.2, -0.15) is 17.7 Å². The van der Waals surface area contributed by atoms with Gasteiger partial charge in [-0.25, -0.2) is 9.07 Å². The Morgan fingerprint density at radius 2 is 2.33 bits per heavy atom. The van der Waals surface area contributed by atoms with Gasteiger partial charge >= 0.3 is 0 Å². The molecule has 1 heterocycles. The van der Waals surface area contributed by atoms with Crippen LogP contribution in [-0.4, -0.2) is 28.0 Å². The molecule has 1 aromatic carbocycles. The van der Waals surface area contributed by atoms with Crippen molar-refractivity contribution in [2.24, 2.45) is 0 Å². The maximum atomic E-state index is 13.8. The monoisotopic (exact) mass is 265 g/mol. The van der Waals surface area contributed by atoms with Crippen LogP contribution in [0.1, 0.15) is 10.4 Å². The molecular formula is C12H12FN3OS. The molecule has 94 valence electrons. The van der Waals surface area contributed by atoms with Gasteiger partial charge in [0, 0.05) is 30.3 Å². The Hall–Kier alpha value is -1.82. The van der Waals surface area contributed by atoms with Crippen LogP contribution in [0.15, 0.2) is 36.7 Å². The Bertz CT molecular complexity index is 542. The van der Waals surface area contributed by atoms with Crippen LogP contribution in [0.25, 0.3) is 5.69 Å². The Morgan fingerprint density at radius 3 is 2.94 bits per heavy atom. The summed E-state index contributed by atoms with van der Waals surface area (Å²) in [5, 5.41) is 6.56. The number of hydrogen-bond donors (Lipinski definition) is 2. The zero-order valence-electron chi connectivity index (χ0n) is 9.51. The first kappa shape index (κ1) is 12.6. The smallest absolute Gasteiger partial charge is 0.251 e. The number of nitrogens with zero attached hydrogens (tertiary/aromatic N) is 2. The third-order valence-corrected chi connectivity index (χ3v) is 2.58. The average Bonchev–Trinajstić information content (AvgIpc) is 2.89. The summed E-state index contributed by atoms with van der Waals surface area (Å²) in [5.74, 6) is -0.258. The quantitative estimate of drug-likeness (QED) is 0.826. The summed E-state index contributed by atoms with van der Waals surface area (Å²) in [5.41, 5.74) is 0.593. The van der Waals surface area contributed by atoms with E-state index in [-0.39, 0.29) is 11.5 Å². The number of nitrogens with one attached hydrogen (secondary N) is 1. The molecule has 0 aliphatic rings. The summed E-state index contributed by atoms with van der Waals surface area (Å²) < 4.78 is 15.2. The predicted octanol–water partition coefficient (Wildman–Crippen LogP) is 1.67. The first-order valence-corrected chi connectivity index (χ1v) is 6.04. The normalized spacial score (nSPS) is 10.3. The number of carbonyl (C=O) groups is 1. The molecular weight excluding hydrogens is 253 g/mol. The highest BCUT2D eigenvalue weighted by Crippen LogP contribution is 2.14. The van der Waals surface area contributed by atoms with Gasteiger partial charge < -0.3 is 5.32 Å². The largest absolute Gasteiger partial charge is 0.351 e. The van der Waals surface area contributed by atoms with Gasteiger partial charge in [-0.05, 0) is 24.3 Å². The van der Waals surface area contributed by atoms with E-state index in [4.69, 9.17) is 0 Å². The van der Waals surface area contributed by atoms with Gasteiger partial charge in [-0.15, -0.1) is 0 Å². The lowest BCUT2D eigenvalue weighted by atomic mass is 10.2. The van der Waals surface area contributed by atoms with Crippen molar-refractivity contribution < 1.29 is 9.18 Å². The van der Waals surface area contributed by atoms with E-state index in [0.717, 1.165) is 0 Å². The van der Waals surface area contributed by atoms with Crippen molar-refractivity contribution >= 4 is 18.5 Å². The summed E-state index contributed by atoms with van der Waals surface area (Å²) in [7, 11) is 0. The van der Waals surface area contributed by atoms with Crippen LogP contribution >= 0.6 is 12.6 Å². The maximum Gasteiger partial charge on any atom is 0.251 e. The molecule has 2 aromatic rings. The number of aromatic nitrogens is 2. The minimum atomic E-state index is -0.489. The molecule has 0 radical (unpaired) electrons. The highest BCUT2D eigenvalue weighted by Gasteiger charge is 2.10. The van der Waals surface area contributed by atoms with E-state index < -0.39 is 5.82 Å². The molecule has 0 aliphatic carbocycles. The summed E-state index contributed by atoms with van der Waals surface area (Å²) in [6.07, 6.45) is 3.20. The number of rotatable bonds is 4. The molecule has 18 heavy (non-hydrogen) atoms. The molecule has 0 saturated carbocycles. The van der Waals surface area contributed by atoms with Gasteiger partial charge in [0.15, 0.2) is 0 Å². The Morgan fingerprint density at radius 1 is 1.50 bits per heavy atom. The SMILES string of the molecule is O=C(NCCS)c1ccc(-n2cccn2)c(F)c1. The molecule has 2 rings (SSSR count). The molecule has 1 N–H and O–H groups in total. The van der Waals surface area contributed by atoms with Crippen molar-refractivity contribution in [2.45, 2.75) is 0 Å². The highest BCUT2D eigenvalue weighted by atomic mass is 32.1. The molecule has 4 nitrogen and oxygen atoms in total. The number of benzene rings is 1. The van der Waals surface area contributed by atoms with E-state index in [2.05, 4.69) is 23.0 Å². The van der Waals surface area contributed by atoms with Crippen molar-refractivity contribution in [1.82, 2.24) is 15.1 Å². The fourth-order valence-corrected chi connectivity index (χ4v) is 1.63. The van der Waals surface area contributed by atoms with Gasteiger partial charge in [-0.3, -0.25) is 4.79 Å². The molecule has 0 unspecified atom stereocenters. The Kier molecular flexibility index (Phi) is 3.99. The van der Waals surface area contributed by atoms with Gasteiger partial charge in [-0.1, -0.05) is 0 Å². The van der Waals surface area contributed by atoms with E-state index in [1.807, 2.05) is 0 Å². The molecule has 0 saturated heterocycles. The zero-order valence-corrected chi connectivity index (χ0v) is 10.4. The number of hydrogen-bond acceptors (Lipinski definition) is 3. The lowest BCUT2D eigenvalue weighted by molar-refractivity contribution is 0.0955. The number of thiol groups is 1. The van der Waals surface area contributed by atoms with Crippen LogP contribution in [0.3, 0.4) is 0 Å². The Balaban J connectivity index is 2.22. The van der Waals surface area contributed by atoms with E-state index >= 15 is 0 Å². The van der Waals surface area contributed by atoms with Crippen LogP contribution in [0.5, 0.6) is 0 Å². The second-order valence-corrected chi connectivity index (χ2v) is 4.04. The number of amides is 1. The first-order chi connectivity index (χ1) is 8.72. The van der Waals surface area contributed by atoms with Gasteiger partial charge in [0.1, 0.15) is 11.5 Å². The van der Waals surface area contributed by atoms with Crippen molar-refractivity contribution in [3.05, 3.63) is 48.0 Å². The van der Waals surface area contributed by atoms with Gasteiger partial charge in [0.25, 0.3) is 5.91 Å². The molecule has 0 atom stereocenters. The average molecular weight is 265 g/mol. The van der Waals surface area contributed by atoms with E-state index in [1.165, 1.54) is 16.8 Å². The van der Waals surface area contributed by atoms with Crippen LogP contribution in [0.4, 0.5) is 4.39 Å². The summed E-state index contributed by atoms with van der Waals surface area (Å²) >= 11 is 3.98. The summed E-state index contributed by atoms with van der Waals surface area (Å²) in [6.45, 7) is 0.449. The minimum absolute atomic E-state index is 0.283. The molecule has 1 aromatic heterocycles. The molecule has 0 fully saturated rings. The second-order valence-electron chi connectivity index (χ2n) is 3.60. The van der Waals surface area contributed by atoms with Gasteiger partial charge in [0.2, 0.25) is 0 Å². The molecule has 0 aliphatic heterocycles. The predicted molar refractivity (Wildman–Crippen MR) is 69.7 cm³/mol. The van der Waals surface area contributed by atoms with Crippen LogP contribution in [0.2, 0.25) is 0 Å². The number of halogens is 1.